The first-order chi connectivity index (χ1) is 13.5. The lowest BCUT2D eigenvalue weighted by Gasteiger charge is -2.21. The Labute approximate surface area is 167 Å². The minimum absolute atomic E-state index is 0.165. The zero-order chi connectivity index (χ0) is 20.1. The van der Waals surface area contributed by atoms with E-state index in [1.165, 1.54) is 4.90 Å². The van der Waals surface area contributed by atoms with Crippen LogP contribution in [0.2, 0.25) is 5.02 Å². The summed E-state index contributed by atoms with van der Waals surface area (Å²) in [6.07, 6.45) is -0.714. The first-order valence-electron chi connectivity index (χ1n) is 8.61. The molecule has 28 heavy (non-hydrogen) atoms. The van der Waals surface area contributed by atoms with Gasteiger partial charge in [0.25, 0.3) is 5.91 Å². The highest BCUT2D eigenvalue weighted by molar-refractivity contribution is 6.32. The van der Waals surface area contributed by atoms with Gasteiger partial charge in [0.1, 0.15) is 11.5 Å². The first-order valence-corrected chi connectivity index (χ1v) is 8.99. The van der Waals surface area contributed by atoms with E-state index in [-0.39, 0.29) is 12.5 Å². The highest BCUT2D eigenvalue weighted by Crippen LogP contribution is 2.25. The molecule has 0 radical (unpaired) electrons. The van der Waals surface area contributed by atoms with Crippen molar-refractivity contribution in [1.29, 1.82) is 0 Å². The van der Waals surface area contributed by atoms with Gasteiger partial charge in [0, 0.05) is 12.6 Å². The molecule has 3 rings (SSSR count). The van der Waals surface area contributed by atoms with Crippen LogP contribution in [0.1, 0.15) is 12.8 Å². The summed E-state index contributed by atoms with van der Waals surface area (Å²) >= 11 is 6.07. The van der Waals surface area contributed by atoms with E-state index in [9.17, 15) is 4.79 Å². The third-order valence-electron chi connectivity index (χ3n) is 4.05. The summed E-state index contributed by atoms with van der Waals surface area (Å²) in [6, 6.07) is 14.3. The molecule has 0 bridgehead atoms. The summed E-state index contributed by atoms with van der Waals surface area (Å²) in [7, 11) is 3.25. The van der Waals surface area contributed by atoms with Gasteiger partial charge in [0.2, 0.25) is 11.7 Å². The van der Waals surface area contributed by atoms with Gasteiger partial charge in [-0.1, -0.05) is 28.9 Å². The van der Waals surface area contributed by atoms with Crippen molar-refractivity contribution in [2.75, 3.05) is 14.2 Å². The molecule has 1 heterocycles. The standard InChI is InChI=1S/C20H20ClN3O4/c1-13(27-17-7-5-4-6-16(17)21)20(25)24(2)12-18-22-19(23-28-18)14-8-10-15(26-3)11-9-14/h4-11,13H,12H2,1-3H3. The summed E-state index contributed by atoms with van der Waals surface area (Å²) in [5, 5.41) is 4.41. The maximum absolute atomic E-state index is 12.6. The van der Waals surface area contributed by atoms with E-state index in [4.69, 9.17) is 25.6 Å². The summed E-state index contributed by atoms with van der Waals surface area (Å²) < 4.78 is 16.1. The van der Waals surface area contributed by atoms with E-state index >= 15 is 0 Å². The minimum Gasteiger partial charge on any atom is -0.497 e. The molecule has 0 spiro atoms. The maximum atomic E-state index is 12.6. The lowest BCUT2D eigenvalue weighted by atomic mass is 10.2. The van der Waals surface area contributed by atoms with E-state index in [1.807, 2.05) is 24.3 Å². The number of amides is 1. The Morgan fingerprint density at radius 1 is 1.21 bits per heavy atom. The number of para-hydroxylation sites is 1. The normalized spacial score (nSPS) is 11.7. The molecule has 0 N–H and O–H groups in total. The number of halogens is 1. The lowest BCUT2D eigenvalue weighted by molar-refractivity contribution is -0.137. The third-order valence-corrected chi connectivity index (χ3v) is 4.37. The van der Waals surface area contributed by atoms with Gasteiger partial charge in [-0.25, -0.2) is 0 Å². The molecular weight excluding hydrogens is 382 g/mol. The topological polar surface area (TPSA) is 77.7 Å². The van der Waals surface area contributed by atoms with Gasteiger partial charge in [-0.15, -0.1) is 0 Å². The number of ether oxygens (including phenoxy) is 2. The van der Waals surface area contributed by atoms with Gasteiger partial charge in [0.15, 0.2) is 6.10 Å². The van der Waals surface area contributed by atoms with Crippen molar-refractivity contribution >= 4 is 17.5 Å². The Hall–Kier alpha value is -3.06. The minimum atomic E-state index is -0.714. The van der Waals surface area contributed by atoms with Gasteiger partial charge >= 0.3 is 0 Å². The molecule has 8 heteroatoms. The maximum Gasteiger partial charge on any atom is 0.263 e. The van der Waals surface area contributed by atoms with E-state index in [0.717, 1.165) is 11.3 Å². The zero-order valence-corrected chi connectivity index (χ0v) is 16.5. The number of methoxy groups -OCH3 is 1. The van der Waals surface area contributed by atoms with Crippen LogP contribution in [0.15, 0.2) is 53.1 Å². The van der Waals surface area contributed by atoms with E-state index in [0.29, 0.717) is 22.5 Å². The second-order valence-corrected chi connectivity index (χ2v) is 6.53. The number of carbonyl (C=O) groups is 1. The molecular formula is C20H20ClN3O4. The summed E-state index contributed by atoms with van der Waals surface area (Å²) in [4.78, 5) is 18.4. The largest absolute Gasteiger partial charge is 0.497 e. The van der Waals surface area contributed by atoms with Gasteiger partial charge in [0.05, 0.1) is 18.7 Å². The molecule has 0 saturated carbocycles. The quantitative estimate of drug-likeness (QED) is 0.598. The first kappa shape index (κ1) is 19.7. The smallest absolute Gasteiger partial charge is 0.263 e. The Kier molecular flexibility index (Phi) is 6.16. The number of aromatic nitrogens is 2. The molecule has 2 aromatic carbocycles. The predicted octanol–water partition coefficient (Wildman–Crippen LogP) is 3.82. The molecule has 0 fully saturated rings. The molecule has 1 aromatic heterocycles. The third kappa shape index (κ3) is 4.61. The Balaban J connectivity index is 1.62. The Bertz CT molecular complexity index is 943. The summed E-state index contributed by atoms with van der Waals surface area (Å²) in [6.45, 7) is 1.83. The van der Waals surface area contributed by atoms with Crippen LogP contribution in [0.4, 0.5) is 0 Å². The molecule has 0 saturated heterocycles. The van der Waals surface area contributed by atoms with Gasteiger partial charge in [-0.05, 0) is 43.3 Å². The zero-order valence-electron chi connectivity index (χ0n) is 15.8. The van der Waals surface area contributed by atoms with Crippen LogP contribution in [0.5, 0.6) is 11.5 Å². The number of carbonyl (C=O) groups excluding carboxylic acids is 1. The molecule has 7 nitrogen and oxygen atoms in total. The second-order valence-electron chi connectivity index (χ2n) is 6.13. The fraction of sp³-hybridized carbons (Fsp3) is 0.250. The molecule has 1 unspecified atom stereocenters. The molecule has 146 valence electrons. The van der Waals surface area contributed by atoms with Crippen LogP contribution in [0.25, 0.3) is 11.4 Å². The van der Waals surface area contributed by atoms with Crippen molar-refractivity contribution < 1.29 is 18.8 Å². The summed E-state index contributed by atoms with van der Waals surface area (Å²) in [5.41, 5.74) is 0.792. The van der Waals surface area contributed by atoms with Crippen LogP contribution in [-0.4, -0.2) is 41.2 Å². The Morgan fingerprint density at radius 3 is 2.61 bits per heavy atom. The van der Waals surface area contributed by atoms with Crippen molar-refractivity contribution in [2.24, 2.45) is 0 Å². The van der Waals surface area contributed by atoms with Crippen molar-refractivity contribution in [1.82, 2.24) is 15.0 Å². The molecule has 3 aromatic rings. The van der Waals surface area contributed by atoms with E-state index < -0.39 is 6.10 Å². The van der Waals surface area contributed by atoms with Crippen molar-refractivity contribution in [2.45, 2.75) is 19.6 Å². The monoisotopic (exact) mass is 401 g/mol. The van der Waals surface area contributed by atoms with Crippen LogP contribution < -0.4 is 9.47 Å². The molecule has 0 aliphatic carbocycles. The summed E-state index contributed by atoms with van der Waals surface area (Å²) in [5.74, 6) is 1.73. The fourth-order valence-corrected chi connectivity index (χ4v) is 2.73. The SMILES string of the molecule is COc1ccc(-c2noc(CN(C)C(=O)C(C)Oc3ccccc3Cl)n2)cc1. The van der Waals surface area contributed by atoms with Gasteiger partial charge < -0.3 is 18.9 Å². The second kappa shape index (κ2) is 8.75. The van der Waals surface area contributed by atoms with Crippen LogP contribution >= 0.6 is 11.6 Å². The number of nitrogens with zero attached hydrogens (tertiary/aromatic N) is 3. The van der Waals surface area contributed by atoms with Crippen LogP contribution in [0, 0.1) is 0 Å². The van der Waals surface area contributed by atoms with Crippen molar-refractivity contribution in [3.8, 4) is 22.9 Å². The lowest BCUT2D eigenvalue weighted by Crippen LogP contribution is -2.37. The van der Waals surface area contributed by atoms with Gasteiger partial charge in [-0.2, -0.15) is 4.98 Å². The van der Waals surface area contributed by atoms with Crippen LogP contribution in [0.3, 0.4) is 0 Å². The van der Waals surface area contributed by atoms with Crippen molar-refractivity contribution in [3.05, 3.63) is 59.4 Å². The highest BCUT2D eigenvalue weighted by Gasteiger charge is 2.22. The number of benzene rings is 2. The van der Waals surface area contributed by atoms with Crippen molar-refractivity contribution in [3.63, 3.8) is 0 Å². The van der Waals surface area contributed by atoms with Gasteiger partial charge in [-0.3, -0.25) is 4.79 Å². The average Bonchev–Trinajstić information content (AvgIpc) is 3.17. The Morgan fingerprint density at radius 2 is 1.93 bits per heavy atom. The number of likely N-dealkylation sites (N-methyl/N-ethyl adjacent to an activating group) is 1. The fourth-order valence-electron chi connectivity index (χ4n) is 2.55. The molecule has 0 aliphatic heterocycles. The highest BCUT2D eigenvalue weighted by atomic mass is 35.5. The molecule has 1 atom stereocenters. The number of hydrogen-bond donors (Lipinski definition) is 0. The predicted molar refractivity (Wildman–Crippen MR) is 104 cm³/mol. The number of rotatable bonds is 7. The van der Waals surface area contributed by atoms with Crippen LogP contribution in [-0.2, 0) is 11.3 Å². The average molecular weight is 402 g/mol. The number of hydrogen-bond acceptors (Lipinski definition) is 6. The molecule has 1 amide bonds. The van der Waals surface area contributed by atoms with E-state index in [2.05, 4.69) is 10.1 Å². The van der Waals surface area contributed by atoms with E-state index in [1.54, 1.807) is 45.3 Å². The molecule has 0 aliphatic rings.